The van der Waals surface area contributed by atoms with Crippen molar-refractivity contribution in [2.75, 3.05) is 24.4 Å². The van der Waals surface area contributed by atoms with Crippen molar-refractivity contribution in [1.29, 1.82) is 0 Å². The Balaban J connectivity index is 2.01. The predicted octanol–water partition coefficient (Wildman–Crippen LogP) is 2.97. The first-order valence-corrected chi connectivity index (χ1v) is 6.96. The summed E-state index contributed by atoms with van der Waals surface area (Å²) < 4.78 is 18.2. The summed E-state index contributed by atoms with van der Waals surface area (Å²) in [5.74, 6) is -1.09. The number of anilines is 2. The van der Waals surface area contributed by atoms with E-state index in [0.29, 0.717) is 16.9 Å². The molecule has 2 aromatic rings. The van der Waals surface area contributed by atoms with Gasteiger partial charge in [0.15, 0.2) is 0 Å². The summed E-state index contributed by atoms with van der Waals surface area (Å²) in [5.41, 5.74) is 1.86. The normalized spacial score (nSPS) is 10.2. The second-order valence-corrected chi connectivity index (χ2v) is 4.98. The Labute approximate surface area is 133 Å². The molecule has 2 N–H and O–H groups in total. The Kier molecular flexibility index (Phi) is 5.43. The minimum atomic E-state index is -0.422. The van der Waals surface area contributed by atoms with E-state index >= 15 is 0 Å². The van der Waals surface area contributed by atoms with Crippen LogP contribution in [0.3, 0.4) is 0 Å². The number of amides is 2. The van der Waals surface area contributed by atoms with Gasteiger partial charge < -0.3 is 15.4 Å². The number of methoxy groups -OCH3 is 1. The highest BCUT2D eigenvalue weighted by Crippen LogP contribution is 2.16. The molecule has 2 aromatic carbocycles. The van der Waals surface area contributed by atoms with E-state index in [1.54, 1.807) is 43.3 Å². The first-order chi connectivity index (χ1) is 11.0. The minimum absolute atomic E-state index is 0.0303. The van der Waals surface area contributed by atoms with Crippen LogP contribution in [0.25, 0.3) is 0 Å². The van der Waals surface area contributed by atoms with Crippen LogP contribution < -0.4 is 10.6 Å². The quantitative estimate of drug-likeness (QED) is 0.891. The summed E-state index contributed by atoms with van der Waals surface area (Å²) in [6.45, 7) is 1.60. The van der Waals surface area contributed by atoms with Gasteiger partial charge in [0.1, 0.15) is 12.4 Å². The van der Waals surface area contributed by atoms with E-state index < -0.39 is 11.7 Å². The van der Waals surface area contributed by atoms with E-state index in [1.165, 1.54) is 13.2 Å². The minimum Gasteiger partial charge on any atom is -0.375 e. The number of halogens is 1. The average Bonchev–Trinajstić information content (AvgIpc) is 2.52. The molecule has 0 saturated carbocycles. The summed E-state index contributed by atoms with van der Waals surface area (Å²) in [4.78, 5) is 23.4. The van der Waals surface area contributed by atoms with Crippen LogP contribution in [-0.4, -0.2) is 25.5 Å². The lowest BCUT2D eigenvalue weighted by Gasteiger charge is -2.08. The van der Waals surface area contributed by atoms with Gasteiger partial charge >= 0.3 is 0 Å². The highest BCUT2D eigenvalue weighted by molar-refractivity contribution is 6.04. The molecule has 0 unspecified atom stereocenters. The van der Waals surface area contributed by atoms with Crippen molar-refractivity contribution in [1.82, 2.24) is 0 Å². The Morgan fingerprint density at radius 2 is 1.65 bits per heavy atom. The van der Waals surface area contributed by atoms with Gasteiger partial charge in [0.05, 0.1) is 0 Å². The lowest BCUT2D eigenvalue weighted by molar-refractivity contribution is -0.119. The predicted molar refractivity (Wildman–Crippen MR) is 86.0 cm³/mol. The zero-order chi connectivity index (χ0) is 16.8. The Morgan fingerprint density at radius 1 is 1.04 bits per heavy atom. The van der Waals surface area contributed by atoms with Gasteiger partial charge in [-0.25, -0.2) is 4.39 Å². The van der Waals surface area contributed by atoms with Crippen LogP contribution in [0, 0.1) is 12.7 Å². The van der Waals surface area contributed by atoms with Gasteiger partial charge in [-0.1, -0.05) is 6.07 Å². The topological polar surface area (TPSA) is 67.4 Å². The lowest BCUT2D eigenvalue weighted by atomic mass is 10.1. The maximum atomic E-state index is 13.5. The Hall–Kier alpha value is -2.73. The maximum absolute atomic E-state index is 13.5. The van der Waals surface area contributed by atoms with Crippen LogP contribution in [0.15, 0.2) is 42.5 Å². The number of carbonyl (C=O) groups is 2. The number of ether oxygens (including phenoxy) is 1. The van der Waals surface area contributed by atoms with Gasteiger partial charge in [0.25, 0.3) is 5.91 Å². The van der Waals surface area contributed by atoms with Gasteiger partial charge in [-0.05, 0) is 48.9 Å². The largest absolute Gasteiger partial charge is 0.375 e. The summed E-state index contributed by atoms with van der Waals surface area (Å²) in [5, 5.41) is 5.31. The molecule has 0 aromatic heterocycles. The lowest BCUT2D eigenvalue weighted by Crippen LogP contribution is -2.17. The van der Waals surface area contributed by atoms with Gasteiger partial charge in [0, 0.05) is 24.0 Å². The van der Waals surface area contributed by atoms with Crippen LogP contribution in [0.5, 0.6) is 0 Å². The number of benzene rings is 2. The van der Waals surface area contributed by atoms with Gasteiger partial charge in [-0.15, -0.1) is 0 Å². The van der Waals surface area contributed by atoms with Crippen LogP contribution in [0.1, 0.15) is 15.9 Å². The van der Waals surface area contributed by atoms with Crippen molar-refractivity contribution in [2.24, 2.45) is 0 Å². The van der Waals surface area contributed by atoms with E-state index in [9.17, 15) is 14.0 Å². The Morgan fingerprint density at radius 3 is 2.22 bits per heavy atom. The van der Waals surface area contributed by atoms with Crippen molar-refractivity contribution in [3.8, 4) is 0 Å². The molecule has 0 saturated heterocycles. The second-order valence-electron chi connectivity index (χ2n) is 4.98. The summed E-state index contributed by atoms with van der Waals surface area (Å²) in [6, 6.07) is 10.9. The summed E-state index contributed by atoms with van der Waals surface area (Å²) in [6.07, 6.45) is 0. The molecule has 0 bridgehead atoms. The monoisotopic (exact) mass is 316 g/mol. The van der Waals surface area contributed by atoms with Crippen LogP contribution in [0.2, 0.25) is 0 Å². The molecule has 2 amide bonds. The summed E-state index contributed by atoms with van der Waals surface area (Å²) >= 11 is 0. The fraction of sp³-hybridized carbons (Fsp3) is 0.176. The van der Waals surface area contributed by atoms with Crippen LogP contribution in [0.4, 0.5) is 15.8 Å². The highest BCUT2D eigenvalue weighted by Gasteiger charge is 2.09. The van der Waals surface area contributed by atoms with Crippen LogP contribution in [-0.2, 0) is 9.53 Å². The third-order valence-electron chi connectivity index (χ3n) is 3.14. The van der Waals surface area contributed by atoms with E-state index in [0.717, 1.165) is 0 Å². The smallest absolute Gasteiger partial charge is 0.255 e. The van der Waals surface area contributed by atoms with Gasteiger partial charge in [0.2, 0.25) is 5.91 Å². The molecule has 0 aliphatic heterocycles. The van der Waals surface area contributed by atoms with Gasteiger partial charge in [-0.2, -0.15) is 0 Å². The van der Waals surface area contributed by atoms with E-state index in [1.807, 2.05) is 0 Å². The fourth-order valence-electron chi connectivity index (χ4n) is 1.90. The molecule has 0 fully saturated rings. The average molecular weight is 316 g/mol. The molecule has 2 rings (SSSR count). The van der Waals surface area contributed by atoms with Crippen molar-refractivity contribution in [3.63, 3.8) is 0 Å². The molecule has 0 aliphatic rings. The molecule has 23 heavy (non-hydrogen) atoms. The van der Waals surface area contributed by atoms with Crippen molar-refractivity contribution >= 4 is 23.2 Å². The third-order valence-corrected chi connectivity index (χ3v) is 3.14. The number of hydrogen-bond acceptors (Lipinski definition) is 3. The van der Waals surface area contributed by atoms with E-state index in [4.69, 9.17) is 4.74 Å². The molecule has 0 aliphatic carbocycles. The molecular weight excluding hydrogens is 299 g/mol. The van der Waals surface area contributed by atoms with E-state index in [2.05, 4.69) is 10.6 Å². The third kappa shape index (κ3) is 4.62. The summed E-state index contributed by atoms with van der Waals surface area (Å²) in [7, 11) is 1.44. The molecular formula is C17H17FN2O3. The number of nitrogens with one attached hydrogen (secondary N) is 2. The molecule has 0 heterocycles. The molecule has 6 heteroatoms. The van der Waals surface area contributed by atoms with Crippen molar-refractivity contribution in [2.45, 2.75) is 6.92 Å². The molecule has 0 spiro atoms. The first-order valence-electron chi connectivity index (χ1n) is 6.96. The Bertz CT molecular complexity index is 714. The molecule has 5 nitrogen and oxygen atoms in total. The van der Waals surface area contributed by atoms with Crippen molar-refractivity contribution in [3.05, 3.63) is 59.4 Å². The maximum Gasteiger partial charge on any atom is 0.255 e. The van der Waals surface area contributed by atoms with Gasteiger partial charge in [-0.3, -0.25) is 9.59 Å². The fourth-order valence-corrected chi connectivity index (χ4v) is 1.90. The molecule has 120 valence electrons. The van der Waals surface area contributed by atoms with Crippen molar-refractivity contribution < 1.29 is 18.7 Å². The number of carbonyl (C=O) groups excluding carboxylic acids is 2. The zero-order valence-electron chi connectivity index (χ0n) is 12.9. The SMILES string of the molecule is COCC(=O)Nc1ccc(NC(=O)c2ccc(C)c(F)c2)cc1. The second kappa shape index (κ2) is 7.51. The van der Waals surface area contributed by atoms with E-state index in [-0.39, 0.29) is 18.1 Å². The number of rotatable bonds is 5. The zero-order valence-corrected chi connectivity index (χ0v) is 12.9. The molecule has 0 radical (unpaired) electrons. The first kappa shape index (κ1) is 16.6. The number of hydrogen-bond donors (Lipinski definition) is 2. The standard InChI is InChI=1S/C17H17FN2O3/c1-11-3-4-12(9-15(11)18)17(22)20-14-7-5-13(6-8-14)19-16(21)10-23-2/h3-9H,10H2,1-2H3,(H,19,21)(H,20,22). The molecule has 0 atom stereocenters. The number of aryl methyl sites for hydroxylation is 1. The highest BCUT2D eigenvalue weighted by atomic mass is 19.1. The van der Waals surface area contributed by atoms with Crippen LogP contribution >= 0.6 is 0 Å².